The summed E-state index contributed by atoms with van der Waals surface area (Å²) in [7, 11) is 0. The van der Waals surface area contributed by atoms with Crippen LogP contribution in [0.25, 0.3) is 0 Å². The van der Waals surface area contributed by atoms with E-state index in [2.05, 4.69) is 4.98 Å². The van der Waals surface area contributed by atoms with E-state index in [0.29, 0.717) is 30.6 Å². The topological polar surface area (TPSA) is 58.4 Å². The zero-order chi connectivity index (χ0) is 19.1. The van der Waals surface area contributed by atoms with E-state index in [4.69, 9.17) is 23.2 Å². The number of carboxylic acid groups (broad SMARTS) is 1. The van der Waals surface area contributed by atoms with E-state index in [0.717, 1.165) is 12.1 Å². The number of hydrogen-bond acceptors (Lipinski definition) is 2. The van der Waals surface area contributed by atoms with Gasteiger partial charge in [-0.1, -0.05) is 23.7 Å². The Kier molecular flexibility index (Phi) is 5.07. The summed E-state index contributed by atoms with van der Waals surface area (Å²) in [5.74, 6) is 0. The molecule has 2 heterocycles. The molecule has 10 heteroatoms. The van der Waals surface area contributed by atoms with Crippen molar-refractivity contribution >= 4 is 29.3 Å². The van der Waals surface area contributed by atoms with Crippen LogP contribution < -0.4 is 0 Å². The van der Waals surface area contributed by atoms with Crippen LogP contribution in [-0.4, -0.2) is 32.2 Å². The first-order valence-electron chi connectivity index (χ1n) is 7.75. The van der Waals surface area contributed by atoms with Crippen molar-refractivity contribution in [1.29, 1.82) is 0 Å². The van der Waals surface area contributed by atoms with Gasteiger partial charge in [0.15, 0.2) is 5.15 Å². The van der Waals surface area contributed by atoms with E-state index in [1.54, 1.807) is 4.57 Å². The Balaban J connectivity index is 1.82. The third-order valence-corrected chi connectivity index (χ3v) is 4.97. The van der Waals surface area contributed by atoms with E-state index < -0.39 is 23.9 Å². The van der Waals surface area contributed by atoms with Crippen molar-refractivity contribution in [2.24, 2.45) is 0 Å². The fraction of sp³-hybridized carbons (Fsp3) is 0.375. The Morgan fingerprint density at radius 1 is 1.23 bits per heavy atom. The molecule has 26 heavy (non-hydrogen) atoms. The van der Waals surface area contributed by atoms with Crippen LogP contribution >= 0.6 is 23.2 Å². The van der Waals surface area contributed by atoms with Crippen molar-refractivity contribution in [2.75, 3.05) is 6.54 Å². The fourth-order valence-corrected chi connectivity index (χ4v) is 3.75. The summed E-state index contributed by atoms with van der Waals surface area (Å²) in [6, 6.07) is 4.24. The number of benzene rings is 1. The number of aryl methyl sites for hydroxylation is 1. The number of halogens is 5. The molecule has 1 amide bonds. The van der Waals surface area contributed by atoms with Gasteiger partial charge in [-0.2, -0.15) is 13.2 Å². The first-order valence-corrected chi connectivity index (χ1v) is 8.51. The fourth-order valence-electron chi connectivity index (χ4n) is 3.14. The standard InChI is InChI=1S/C16H14Cl2F3N3O2/c17-13-12-11(23(15(25)26)7-8-24(12)14(18)22-13)6-3-9-1-4-10(5-2-9)16(19,20)21/h1-2,4-5,11H,3,6-8H2,(H,25,26). The minimum absolute atomic E-state index is 0.137. The number of hydrogen-bond donors (Lipinski definition) is 1. The quantitative estimate of drug-likeness (QED) is 0.788. The minimum atomic E-state index is -4.39. The first kappa shape index (κ1) is 18.8. The molecule has 0 saturated carbocycles. The Labute approximate surface area is 156 Å². The molecular weight excluding hydrogens is 394 g/mol. The van der Waals surface area contributed by atoms with Crippen LogP contribution in [0, 0.1) is 0 Å². The maximum absolute atomic E-state index is 12.6. The SMILES string of the molecule is O=C(O)N1CCn2c(Cl)nc(Cl)c2C1CCc1ccc(C(F)(F)F)cc1. The third kappa shape index (κ3) is 3.61. The summed E-state index contributed by atoms with van der Waals surface area (Å²) in [6.07, 6.45) is -4.76. The van der Waals surface area contributed by atoms with Crippen LogP contribution in [0.1, 0.15) is 29.3 Å². The highest BCUT2D eigenvalue weighted by Crippen LogP contribution is 2.37. The summed E-state index contributed by atoms with van der Waals surface area (Å²) in [5, 5.41) is 9.78. The second-order valence-electron chi connectivity index (χ2n) is 5.93. The third-order valence-electron chi connectivity index (χ3n) is 4.41. The molecule has 0 saturated heterocycles. The second kappa shape index (κ2) is 7.00. The van der Waals surface area contributed by atoms with Crippen molar-refractivity contribution in [3.63, 3.8) is 0 Å². The van der Waals surface area contributed by atoms with Gasteiger partial charge in [0.05, 0.1) is 17.3 Å². The number of aromatic nitrogens is 2. The lowest BCUT2D eigenvalue weighted by Crippen LogP contribution is -2.41. The molecule has 0 radical (unpaired) electrons. The summed E-state index contributed by atoms with van der Waals surface area (Å²) in [6.45, 7) is 0.573. The molecule has 2 aromatic rings. The van der Waals surface area contributed by atoms with Gasteiger partial charge in [0.25, 0.3) is 0 Å². The Morgan fingerprint density at radius 3 is 2.46 bits per heavy atom. The maximum Gasteiger partial charge on any atom is 0.416 e. The van der Waals surface area contributed by atoms with Gasteiger partial charge < -0.3 is 9.67 Å². The molecule has 1 aliphatic rings. The van der Waals surface area contributed by atoms with Crippen molar-refractivity contribution in [3.05, 3.63) is 51.5 Å². The molecule has 3 rings (SSSR count). The van der Waals surface area contributed by atoms with Crippen molar-refractivity contribution in [1.82, 2.24) is 14.5 Å². The number of amides is 1. The lowest BCUT2D eigenvalue weighted by molar-refractivity contribution is -0.137. The van der Waals surface area contributed by atoms with Crippen molar-refractivity contribution < 1.29 is 23.1 Å². The smallest absolute Gasteiger partial charge is 0.416 e. The number of alkyl halides is 3. The highest BCUT2D eigenvalue weighted by Gasteiger charge is 2.35. The first-order chi connectivity index (χ1) is 12.2. The largest absolute Gasteiger partial charge is 0.465 e. The van der Waals surface area contributed by atoms with E-state index in [1.807, 2.05) is 0 Å². The highest BCUT2D eigenvalue weighted by atomic mass is 35.5. The molecule has 1 unspecified atom stereocenters. The lowest BCUT2D eigenvalue weighted by Gasteiger charge is -2.35. The second-order valence-corrected chi connectivity index (χ2v) is 6.63. The van der Waals surface area contributed by atoms with Crippen LogP contribution in [0.3, 0.4) is 0 Å². The Hall–Kier alpha value is -1.93. The van der Waals surface area contributed by atoms with Gasteiger partial charge in [0.1, 0.15) is 0 Å². The predicted octanol–water partition coefficient (Wildman–Crippen LogP) is 4.88. The zero-order valence-corrected chi connectivity index (χ0v) is 14.8. The predicted molar refractivity (Wildman–Crippen MR) is 89.5 cm³/mol. The molecule has 1 N–H and O–H groups in total. The average Bonchev–Trinajstić information content (AvgIpc) is 2.86. The molecule has 140 valence electrons. The maximum atomic E-state index is 12.6. The van der Waals surface area contributed by atoms with E-state index in [9.17, 15) is 23.1 Å². The normalized spacial score (nSPS) is 17.3. The van der Waals surface area contributed by atoms with Crippen LogP contribution in [0.15, 0.2) is 24.3 Å². The number of nitrogens with zero attached hydrogens (tertiary/aromatic N) is 3. The van der Waals surface area contributed by atoms with Gasteiger partial charge in [-0.15, -0.1) is 0 Å². The summed E-state index contributed by atoms with van der Waals surface area (Å²) in [4.78, 5) is 16.8. The molecular formula is C16H14Cl2F3N3O2. The molecule has 0 fully saturated rings. The molecule has 1 aromatic heterocycles. The van der Waals surface area contributed by atoms with E-state index >= 15 is 0 Å². The molecule has 0 spiro atoms. The number of rotatable bonds is 3. The zero-order valence-electron chi connectivity index (χ0n) is 13.3. The van der Waals surface area contributed by atoms with Gasteiger partial charge in [-0.3, -0.25) is 4.90 Å². The number of imidazole rings is 1. The lowest BCUT2D eigenvalue weighted by atomic mass is 9.99. The van der Waals surface area contributed by atoms with E-state index in [-0.39, 0.29) is 17.0 Å². The summed E-state index contributed by atoms with van der Waals surface area (Å²) < 4.78 is 39.6. The molecule has 0 aliphatic carbocycles. The van der Waals surface area contributed by atoms with Crippen molar-refractivity contribution in [2.45, 2.75) is 31.6 Å². The Morgan fingerprint density at radius 2 is 1.88 bits per heavy atom. The van der Waals surface area contributed by atoms with Crippen LogP contribution in [0.4, 0.5) is 18.0 Å². The van der Waals surface area contributed by atoms with Gasteiger partial charge >= 0.3 is 12.3 Å². The number of fused-ring (bicyclic) bond motifs is 1. The number of carbonyl (C=O) groups is 1. The van der Waals surface area contributed by atoms with Crippen LogP contribution in [-0.2, 0) is 19.1 Å². The highest BCUT2D eigenvalue weighted by molar-refractivity contribution is 6.33. The molecule has 1 aromatic carbocycles. The van der Waals surface area contributed by atoms with Crippen molar-refractivity contribution in [3.8, 4) is 0 Å². The Bertz CT molecular complexity index is 821. The molecule has 0 bridgehead atoms. The van der Waals surface area contributed by atoms with Gasteiger partial charge in [-0.25, -0.2) is 9.78 Å². The average molecular weight is 408 g/mol. The summed E-state index contributed by atoms with van der Waals surface area (Å²) >= 11 is 12.1. The minimum Gasteiger partial charge on any atom is -0.465 e. The van der Waals surface area contributed by atoms with Gasteiger partial charge in [-0.05, 0) is 42.1 Å². The monoisotopic (exact) mass is 407 g/mol. The van der Waals surface area contributed by atoms with E-state index in [1.165, 1.54) is 17.0 Å². The summed E-state index contributed by atoms with van der Waals surface area (Å²) in [5.41, 5.74) is 0.457. The molecule has 1 atom stereocenters. The molecule has 1 aliphatic heterocycles. The van der Waals surface area contributed by atoms with Crippen LogP contribution in [0.5, 0.6) is 0 Å². The van der Waals surface area contributed by atoms with Gasteiger partial charge in [0, 0.05) is 13.1 Å². The van der Waals surface area contributed by atoms with Gasteiger partial charge in [0.2, 0.25) is 5.28 Å². The molecule has 5 nitrogen and oxygen atoms in total. The van der Waals surface area contributed by atoms with Crippen LogP contribution in [0.2, 0.25) is 10.4 Å².